The van der Waals surface area contributed by atoms with Crippen molar-refractivity contribution in [1.82, 2.24) is 0 Å². The molecule has 2 aromatic rings. The summed E-state index contributed by atoms with van der Waals surface area (Å²) in [5.74, 6) is 0.407. The molecule has 0 N–H and O–H groups in total. The SMILES string of the molecule is C=c1cc(-c2ccc(F)cc2)oc1=C. The molecule has 70 valence electrons. The summed E-state index contributed by atoms with van der Waals surface area (Å²) in [5, 5.41) is 0.754. The number of halogens is 1. The first-order valence-corrected chi connectivity index (χ1v) is 4.20. The summed E-state index contributed by atoms with van der Waals surface area (Å²) < 4.78 is 18.0. The van der Waals surface area contributed by atoms with Crippen LogP contribution in [0.25, 0.3) is 24.5 Å². The molecule has 0 aliphatic rings. The highest BCUT2D eigenvalue weighted by Gasteiger charge is 2.01. The Morgan fingerprint density at radius 1 is 1.07 bits per heavy atom. The van der Waals surface area contributed by atoms with Gasteiger partial charge in [0.2, 0.25) is 0 Å². The molecule has 0 atom stereocenters. The summed E-state index contributed by atoms with van der Waals surface area (Å²) in [6.45, 7) is 7.43. The lowest BCUT2D eigenvalue weighted by atomic mass is 10.2. The van der Waals surface area contributed by atoms with Crippen molar-refractivity contribution in [3.63, 3.8) is 0 Å². The standard InChI is InChI=1S/C12H9FO/c1-8-7-12(14-9(8)2)10-3-5-11(13)6-4-10/h3-7H,1-2H2. The molecule has 1 aromatic carbocycles. The summed E-state index contributed by atoms with van der Waals surface area (Å²) in [4.78, 5) is 0. The Hall–Kier alpha value is -1.83. The minimum Gasteiger partial charge on any atom is -0.457 e. The molecule has 1 heterocycles. The molecular weight excluding hydrogens is 179 g/mol. The lowest BCUT2D eigenvalue weighted by Crippen LogP contribution is -2.13. The smallest absolute Gasteiger partial charge is 0.135 e. The second-order valence-electron chi connectivity index (χ2n) is 3.07. The van der Waals surface area contributed by atoms with E-state index in [9.17, 15) is 4.39 Å². The molecule has 0 amide bonds. The van der Waals surface area contributed by atoms with Crippen LogP contribution in [0.5, 0.6) is 0 Å². The molecule has 1 nitrogen and oxygen atoms in total. The minimum absolute atomic E-state index is 0.259. The van der Waals surface area contributed by atoms with Gasteiger partial charge in [0.05, 0.1) is 0 Å². The van der Waals surface area contributed by atoms with E-state index >= 15 is 0 Å². The first-order chi connectivity index (χ1) is 6.66. The normalized spacial score (nSPS) is 10.4. The maximum absolute atomic E-state index is 12.6. The van der Waals surface area contributed by atoms with Crippen molar-refractivity contribution < 1.29 is 8.81 Å². The van der Waals surface area contributed by atoms with Gasteiger partial charge in [0.1, 0.15) is 17.0 Å². The van der Waals surface area contributed by atoms with Gasteiger partial charge < -0.3 is 4.42 Å². The Labute approximate surface area is 80.8 Å². The van der Waals surface area contributed by atoms with Gasteiger partial charge in [-0.05, 0) is 30.3 Å². The largest absolute Gasteiger partial charge is 0.457 e. The van der Waals surface area contributed by atoms with E-state index in [-0.39, 0.29) is 5.82 Å². The highest BCUT2D eigenvalue weighted by Crippen LogP contribution is 2.16. The van der Waals surface area contributed by atoms with E-state index < -0.39 is 0 Å². The highest BCUT2D eigenvalue weighted by molar-refractivity contribution is 5.57. The summed E-state index contributed by atoms with van der Waals surface area (Å²) >= 11 is 0. The van der Waals surface area contributed by atoms with Gasteiger partial charge in [-0.3, -0.25) is 0 Å². The molecule has 14 heavy (non-hydrogen) atoms. The van der Waals surface area contributed by atoms with Crippen molar-refractivity contribution in [2.45, 2.75) is 0 Å². The van der Waals surface area contributed by atoms with Crippen molar-refractivity contribution in [1.29, 1.82) is 0 Å². The fraction of sp³-hybridized carbons (Fsp3) is 0. The lowest BCUT2D eigenvalue weighted by molar-refractivity contribution is 0.547. The van der Waals surface area contributed by atoms with Crippen molar-refractivity contribution in [2.75, 3.05) is 0 Å². The van der Waals surface area contributed by atoms with E-state index in [4.69, 9.17) is 4.42 Å². The van der Waals surface area contributed by atoms with Crippen molar-refractivity contribution in [2.24, 2.45) is 0 Å². The maximum Gasteiger partial charge on any atom is 0.135 e. The number of hydrogen-bond donors (Lipinski definition) is 0. The van der Waals surface area contributed by atoms with Gasteiger partial charge in [0, 0.05) is 10.8 Å². The van der Waals surface area contributed by atoms with Crippen LogP contribution in [0, 0.1) is 5.82 Å². The average molecular weight is 188 g/mol. The third kappa shape index (κ3) is 1.46. The Morgan fingerprint density at radius 2 is 1.71 bits per heavy atom. The van der Waals surface area contributed by atoms with Gasteiger partial charge in [-0.2, -0.15) is 0 Å². The van der Waals surface area contributed by atoms with Crippen LogP contribution < -0.4 is 10.6 Å². The first-order valence-electron chi connectivity index (χ1n) is 4.20. The number of furan rings is 1. The minimum atomic E-state index is -0.259. The van der Waals surface area contributed by atoms with E-state index in [0.717, 1.165) is 10.8 Å². The third-order valence-electron chi connectivity index (χ3n) is 2.03. The molecule has 2 heteroatoms. The summed E-state index contributed by atoms with van der Waals surface area (Å²) in [6.07, 6.45) is 0. The molecule has 0 bridgehead atoms. The number of rotatable bonds is 1. The predicted molar refractivity (Wildman–Crippen MR) is 54.4 cm³/mol. The average Bonchev–Trinajstić information content (AvgIpc) is 2.48. The topological polar surface area (TPSA) is 13.1 Å². The van der Waals surface area contributed by atoms with Crippen molar-refractivity contribution in [3.8, 4) is 11.3 Å². The molecule has 0 spiro atoms. The molecular formula is C12H9FO. The van der Waals surface area contributed by atoms with Crippen LogP contribution in [0.4, 0.5) is 4.39 Å². The monoisotopic (exact) mass is 188 g/mol. The zero-order valence-corrected chi connectivity index (χ0v) is 7.59. The zero-order chi connectivity index (χ0) is 10.1. The van der Waals surface area contributed by atoms with Gasteiger partial charge in [-0.15, -0.1) is 0 Å². The third-order valence-corrected chi connectivity index (χ3v) is 2.03. The van der Waals surface area contributed by atoms with Crippen LogP contribution in [0.15, 0.2) is 34.7 Å². The summed E-state index contributed by atoms with van der Waals surface area (Å²) in [6, 6.07) is 7.89. The van der Waals surface area contributed by atoms with E-state index in [0.29, 0.717) is 11.2 Å². The molecule has 0 saturated carbocycles. The second-order valence-corrected chi connectivity index (χ2v) is 3.07. The zero-order valence-electron chi connectivity index (χ0n) is 7.59. The predicted octanol–water partition coefficient (Wildman–Crippen LogP) is 1.91. The van der Waals surface area contributed by atoms with Crippen molar-refractivity contribution in [3.05, 3.63) is 46.8 Å². The molecule has 2 rings (SSSR count). The van der Waals surface area contributed by atoms with E-state index in [2.05, 4.69) is 13.2 Å². The molecule has 0 radical (unpaired) electrons. The van der Waals surface area contributed by atoms with Gasteiger partial charge in [0.25, 0.3) is 0 Å². The van der Waals surface area contributed by atoms with Crippen LogP contribution in [0.1, 0.15) is 0 Å². The van der Waals surface area contributed by atoms with E-state index in [1.165, 1.54) is 12.1 Å². The number of benzene rings is 1. The quantitative estimate of drug-likeness (QED) is 0.666. The fourth-order valence-electron chi connectivity index (χ4n) is 1.22. The maximum atomic E-state index is 12.6. The van der Waals surface area contributed by atoms with Gasteiger partial charge in [0.15, 0.2) is 0 Å². The fourth-order valence-corrected chi connectivity index (χ4v) is 1.22. The second kappa shape index (κ2) is 3.14. The van der Waals surface area contributed by atoms with Crippen molar-refractivity contribution >= 4 is 13.2 Å². The Balaban J connectivity index is 2.55. The lowest BCUT2D eigenvalue weighted by Gasteiger charge is -1.94. The van der Waals surface area contributed by atoms with Crippen LogP contribution in [-0.2, 0) is 0 Å². The Morgan fingerprint density at radius 3 is 2.21 bits per heavy atom. The van der Waals surface area contributed by atoms with E-state index in [1.807, 2.05) is 0 Å². The van der Waals surface area contributed by atoms with Crippen LogP contribution in [-0.4, -0.2) is 0 Å². The Kier molecular flexibility index (Phi) is 1.97. The number of hydrogen-bond acceptors (Lipinski definition) is 1. The molecule has 0 aliphatic heterocycles. The molecule has 0 aliphatic carbocycles. The Bertz CT molecular complexity index is 509. The van der Waals surface area contributed by atoms with Gasteiger partial charge in [-0.25, -0.2) is 4.39 Å². The highest BCUT2D eigenvalue weighted by atomic mass is 19.1. The van der Waals surface area contributed by atoms with Crippen LogP contribution >= 0.6 is 0 Å². The molecule has 1 aromatic heterocycles. The summed E-state index contributed by atoms with van der Waals surface area (Å²) in [7, 11) is 0. The van der Waals surface area contributed by atoms with Crippen LogP contribution in [0.3, 0.4) is 0 Å². The molecule has 0 fully saturated rings. The summed E-state index contributed by atoms with van der Waals surface area (Å²) in [5.41, 5.74) is 1.37. The van der Waals surface area contributed by atoms with Gasteiger partial charge >= 0.3 is 0 Å². The van der Waals surface area contributed by atoms with Crippen LogP contribution in [0.2, 0.25) is 0 Å². The first kappa shape index (κ1) is 8.75. The van der Waals surface area contributed by atoms with E-state index in [1.54, 1.807) is 18.2 Å². The molecule has 0 unspecified atom stereocenters. The molecule has 0 saturated heterocycles. The van der Waals surface area contributed by atoms with Gasteiger partial charge in [-0.1, -0.05) is 13.2 Å².